The first kappa shape index (κ1) is 73.9. The van der Waals surface area contributed by atoms with Gasteiger partial charge in [0, 0.05) is 19.3 Å². The van der Waals surface area contributed by atoms with Crippen LogP contribution in [0.2, 0.25) is 0 Å². The van der Waals surface area contributed by atoms with E-state index in [-0.39, 0.29) is 31.1 Å². The van der Waals surface area contributed by atoms with Crippen molar-refractivity contribution in [2.45, 2.75) is 393 Å². The highest BCUT2D eigenvalue weighted by Crippen LogP contribution is 2.18. The summed E-state index contributed by atoms with van der Waals surface area (Å²) >= 11 is 0. The van der Waals surface area contributed by atoms with Crippen LogP contribution >= 0.6 is 0 Å². The summed E-state index contributed by atoms with van der Waals surface area (Å²) in [5.41, 5.74) is 0. The molecule has 0 aliphatic heterocycles. The molecule has 76 heavy (non-hydrogen) atoms. The molecule has 0 aromatic carbocycles. The lowest BCUT2D eigenvalue weighted by molar-refractivity contribution is -0.167. The minimum absolute atomic E-state index is 0.0669. The summed E-state index contributed by atoms with van der Waals surface area (Å²) in [7, 11) is 0. The first-order valence-electron chi connectivity index (χ1n) is 34.3. The van der Waals surface area contributed by atoms with E-state index in [4.69, 9.17) is 14.2 Å². The van der Waals surface area contributed by atoms with Gasteiger partial charge in [0.25, 0.3) is 0 Å². The maximum Gasteiger partial charge on any atom is 0.306 e. The molecular formula is C70H132O6. The van der Waals surface area contributed by atoms with Gasteiger partial charge >= 0.3 is 17.9 Å². The molecular weight excluding hydrogens is 937 g/mol. The van der Waals surface area contributed by atoms with Gasteiger partial charge in [0.2, 0.25) is 0 Å². The lowest BCUT2D eigenvalue weighted by atomic mass is 10.0. The highest BCUT2D eigenvalue weighted by molar-refractivity contribution is 5.71. The van der Waals surface area contributed by atoms with Gasteiger partial charge in [0.1, 0.15) is 13.2 Å². The van der Waals surface area contributed by atoms with Crippen molar-refractivity contribution in [2.24, 2.45) is 0 Å². The minimum atomic E-state index is -0.767. The molecule has 0 spiro atoms. The molecule has 0 saturated carbocycles. The number of allylic oxidation sites excluding steroid dienone is 4. The molecule has 448 valence electrons. The van der Waals surface area contributed by atoms with Gasteiger partial charge in [-0.2, -0.15) is 0 Å². The molecule has 0 saturated heterocycles. The molecule has 0 aliphatic carbocycles. The van der Waals surface area contributed by atoms with Crippen LogP contribution in [-0.4, -0.2) is 37.2 Å². The monoisotopic (exact) mass is 1070 g/mol. The zero-order chi connectivity index (χ0) is 55.0. The van der Waals surface area contributed by atoms with Crippen molar-refractivity contribution >= 4 is 17.9 Å². The summed E-state index contributed by atoms with van der Waals surface area (Å²) in [6.07, 6.45) is 79.7. The van der Waals surface area contributed by atoms with E-state index < -0.39 is 6.10 Å². The van der Waals surface area contributed by atoms with E-state index in [2.05, 4.69) is 45.1 Å². The van der Waals surface area contributed by atoms with Gasteiger partial charge in [-0.05, 0) is 70.6 Å². The molecule has 0 aromatic rings. The van der Waals surface area contributed by atoms with Gasteiger partial charge in [0.15, 0.2) is 6.10 Å². The zero-order valence-electron chi connectivity index (χ0n) is 51.6. The normalized spacial score (nSPS) is 12.1. The molecule has 6 nitrogen and oxygen atoms in total. The molecule has 0 fully saturated rings. The second-order valence-corrected chi connectivity index (χ2v) is 23.4. The SMILES string of the molecule is CCCCCCCCCC/C=C\CCCCCCCCCCCCCCCCCCCCCC(=O)OCC(COC(=O)CCCCCCCC)OC(=O)CCCCCCCCCCC/C=C\CCCCCCCCCC. The minimum Gasteiger partial charge on any atom is -0.462 e. The summed E-state index contributed by atoms with van der Waals surface area (Å²) in [5, 5.41) is 0. The Balaban J connectivity index is 3.96. The van der Waals surface area contributed by atoms with Crippen LogP contribution in [0.15, 0.2) is 24.3 Å². The van der Waals surface area contributed by atoms with Crippen LogP contribution in [0.25, 0.3) is 0 Å². The second kappa shape index (κ2) is 65.4. The molecule has 6 heteroatoms. The molecule has 0 aliphatic rings. The Morgan fingerprint density at radius 1 is 0.250 bits per heavy atom. The van der Waals surface area contributed by atoms with Crippen molar-refractivity contribution in [2.75, 3.05) is 13.2 Å². The van der Waals surface area contributed by atoms with Crippen LogP contribution in [0.3, 0.4) is 0 Å². The first-order valence-corrected chi connectivity index (χ1v) is 34.3. The molecule has 0 aromatic heterocycles. The van der Waals surface area contributed by atoms with E-state index in [1.54, 1.807) is 0 Å². The lowest BCUT2D eigenvalue weighted by Gasteiger charge is -2.18. The Labute approximate surface area is 474 Å². The van der Waals surface area contributed by atoms with Crippen molar-refractivity contribution in [3.8, 4) is 0 Å². The molecule has 0 amide bonds. The standard InChI is InChI=1S/C70H132O6/c1-4-7-10-13-16-18-20-22-24-26-28-30-31-32-33-34-35-36-37-38-39-41-42-44-46-48-50-52-54-57-60-63-69(72)75-66-67(65-74-68(71)62-59-56-15-12-9-6-3)76-70(73)64-61-58-55-53-51-49-47-45-43-40-29-27-25-23-21-19-17-14-11-8-5-2/h26-29,67H,4-25,30-66H2,1-3H3/b28-26-,29-27-. The fraction of sp³-hybridized carbons (Fsp3) is 0.900. The van der Waals surface area contributed by atoms with Gasteiger partial charge in [-0.1, -0.05) is 321 Å². The van der Waals surface area contributed by atoms with Crippen LogP contribution < -0.4 is 0 Å². The lowest BCUT2D eigenvalue weighted by Crippen LogP contribution is -2.30. The molecule has 0 rings (SSSR count). The highest BCUT2D eigenvalue weighted by atomic mass is 16.6. The van der Waals surface area contributed by atoms with E-state index in [0.717, 1.165) is 57.8 Å². The predicted octanol–water partition coefficient (Wildman–Crippen LogP) is 23.4. The van der Waals surface area contributed by atoms with Gasteiger partial charge in [0.05, 0.1) is 0 Å². The van der Waals surface area contributed by atoms with Crippen LogP contribution in [0.1, 0.15) is 387 Å². The molecule has 0 bridgehead atoms. The highest BCUT2D eigenvalue weighted by Gasteiger charge is 2.19. The number of unbranched alkanes of at least 4 members (excludes halogenated alkanes) is 49. The molecule has 0 N–H and O–H groups in total. The molecule has 0 radical (unpaired) electrons. The Kier molecular flexibility index (Phi) is 63.6. The van der Waals surface area contributed by atoms with E-state index >= 15 is 0 Å². The smallest absolute Gasteiger partial charge is 0.306 e. The van der Waals surface area contributed by atoms with E-state index in [1.165, 1.54) is 289 Å². The predicted molar refractivity (Wildman–Crippen MR) is 330 cm³/mol. The quantitative estimate of drug-likeness (QED) is 0.0261. The number of hydrogen-bond acceptors (Lipinski definition) is 6. The van der Waals surface area contributed by atoms with Gasteiger partial charge < -0.3 is 14.2 Å². The Hall–Kier alpha value is -2.11. The van der Waals surface area contributed by atoms with E-state index in [0.29, 0.717) is 19.3 Å². The maximum atomic E-state index is 12.8. The second-order valence-electron chi connectivity index (χ2n) is 23.4. The average Bonchev–Trinajstić information content (AvgIpc) is 3.42. The number of esters is 3. The molecule has 0 heterocycles. The van der Waals surface area contributed by atoms with E-state index in [1.807, 2.05) is 0 Å². The van der Waals surface area contributed by atoms with Crippen molar-refractivity contribution in [3.63, 3.8) is 0 Å². The third kappa shape index (κ3) is 62.7. The third-order valence-corrected chi connectivity index (χ3v) is 15.7. The molecule has 1 atom stereocenters. The maximum absolute atomic E-state index is 12.8. The summed E-state index contributed by atoms with van der Waals surface area (Å²) < 4.78 is 16.8. The van der Waals surface area contributed by atoms with Gasteiger partial charge in [-0.25, -0.2) is 0 Å². The largest absolute Gasteiger partial charge is 0.462 e. The zero-order valence-corrected chi connectivity index (χ0v) is 51.6. The summed E-state index contributed by atoms with van der Waals surface area (Å²) in [6.45, 7) is 6.64. The summed E-state index contributed by atoms with van der Waals surface area (Å²) in [6, 6.07) is 0. The van der Waals surface area contributed by atoms with E-state index in [9.17, 15) is 14.4 Å². The third-order valence-electron chi connectivity index (χ3n) is 15.7. The number of rotatable bonds is 64. The van der Waals surface area contributed by atoms with Crippen molar-refractivity contribution in [1.29, 1.82) is 0 Å². The van der Waals surface area contributed by atoms with Crippen LogP contribution in [0.5, 0.6) is 0 Å². The topological polar surface area (TPSA) is 78.9 Å². The Morgan fingerprint density at radius 3 is 0.658 bits per heavy atom. The van der Waals surface area contributed by atoms with Crippen LogP contribution in [-0.2, 0) is 28.6 Å². The average molecular weight is 1070 g/mol. The number of carbonyl (C=O) groups excluding carboxylic acids is 3. The van der Waals surface area contributed by atoms with Crippen molar-refractivity contribution in [3.05, 3.63) is 24.3 Å². The van der Waals surface area contributed by atoms with Gasteiger partial charge in [-0.15, -0.1) is 0 Å². The fourth-order valence-electron chi connectivity index (χ4n) is 10.5. The van der Waals surface area contributed by atoms with Gasteiger partial charge in [-0.3, -0.25) is 14.4 Å². The number of ether oxygens (including phenoxy) is 3. The first-order chi connectivity index (χ1) is 37.5. The van der Waals surface area contributed by atoms with Crippen LogP contribution in [0.4, 0.5) is 0 Å². The van der Waals surface area contributed by atoms with Crippen molar-refractivity contribution in [1.82, 2.24) is 0 Å². The fourth-order valence-corrected chi connectivity index (χ4v) is 10.5. The number of carbonyl (C=O) groups is 3. The Morgan fingerprint density at radius 2 is 0.434 bits per heavy atom. The Bertz CT molecular complexity index is 1230. The number of hydrogen-bond donors (Lipinski definition) is 0. The van der Waals surface area contributed by atoms with Crippen molar-refractivity contribution < 1.29 is 28.6 Å². The van der Waals surface area contributed by atoms with Crippen LogP contribution in [0, 0.1) is 0 Å². The summed E-state index contributed by atoms with van der Waals surface area (Å²) in [4.78, 5) is 38.0. The summed E-state index contributed by atoms with van der Waals surface area (Å²) in [5.74, 6) is -0.854. The molecule has 1 unspecified atom stereocenters.